The van der Waals surface area contributed by atoms with Crippen LogP contribution in [0.15, 0.2) is 6.20 Å². The van der Waals surface area contributed by atoms with Crippen molar-refractivity contribution in [3.8, 4) is 0 Å². The molecule has 1 heterocycles. The molecule has 2 N–H and O–H groups in total. The molecule has 0 bridgehead atoms. The second kappa shape index (κ2) is 8.64. The number of aromatic nitrogens is 1. The molecule has 0 radical (unpaired) electrons. The lowest BCUT2D eigenvalue weighted by molar-refractivity contribution is 0.0507. The highest BCUT2D eigenvalue weighted by atomic mass is 32.1. The third-order valence-electron chi connectivity index (χ3n) is 3.87. The molecule has 0 atom stereocenters. The van der Waals surface area contributed by atoms with E-state index in [0.29, 0.717) is 6.54 Å². The molecule has 0 unspecified atom stereocenters. The molecule has 132 valence electrons. The normalized spacial score (nSPS) is 12.3. The summed E-state index contributed by atoms with van der Waals surface area (Å²) in [6.07, 6.45) is 4.40. The van der Waals surface area contributed by atoms with Gasteiger partial charge in [-0.15, -0.1) is 11.3 Å². The Balaban J connectivity index is 2.58. The summed E-state index contributed by atoms with van der Waals surface area (Å²) >= 11 is 1.74. The van der Waals surface area contributed by atoms with Crippen LogP contribution in [0.5, 0.6) is 0 Å². The minimum Gasteiger partial charge on any atom is -0.444 e. The maximum absolute atomic E-state index is 11.9. The number of nitrogens with one attached hydrogen (secondary N) is 2. The van der Waals surface area contributed by atoms with Crippen molar-refractivity contribution in [2.24, 2.45) is 0 Å². The summed E-state index contributed by atoms with van der Waals surface area (Å²) in [6, 6.07) is 0. The molecule has 0 fully saturated rings. The molecule has 0 spiro atoms. The summed E-state index contributed by atoms with van der Waals surface area (Å²) in [7, 11) is 0. The van der Waals surface area contributed by atoms with Crippen molar-refractivity contribution in [2.45, 2.75) is 78.5 Å². The summed E-state index contributed by atoms with van der Waals surface area (Å²) in [5, 5.41) is 7.66. The number of alkyl carbamates (subject to hydrolysis) is 1. The van der Waals surface area contributed by atoms with Crippen LogP contribution in [0.2, 0.25) is 0 Å². The molecule has 0 aliphatic rings. The van der Waals surface area contributed by atoms with Gasteiger partial charge in [-0.1, -0.05) is 20.8 Å². The lowest BCUT2D eigenvalue weighted by atomic mass is 9.92. The van der Waals surface area contributed by atoms with Gasteiger partial charge in [-0.2, -0.15) is 0 Å². The average Bonchev–Trinajstić information content (AvgIpc) is 2.94. The van der Waals surface area contributed by atoms with E-state index < -0.39 is 5.60 Å². The van der Waals surface area contributed by atoms with Crippen molar-refractivity contribution in [1.82, 2.24) is 15.6 Å². The first-order valence-corrected chi connectivity index (χ1v) is 9.20. The lowest BCUT2D eigenvalue weighted by Gasteiger charge is -2.33. The Morgan fingerprint density at radius 1 is 1.26 bits per heavy atom. The molecular weight excluding hydrogens is 310 g/mol. The topological polar surface area (TPSA) is 63.2 Å². The highest BCUT2D eigenvalue weighted by molar-refractivity contribution is 7.11. The number of thiazole rings is 1. The van der Waals surface area contributed by atoms with Crippen molar-refractivity contribution in [3.63, 3.8) is 0 Å². The average molecular weight is 342 g/mol. The number of hydrogen-bond donors (Lipinski definition) is 2. The van der Waals surface area contributed by atoms with Crippen molar-refractivity contribution in [1.29, 1.82) is 0 Å². The fourth-order valence-electron chi connectivity index (χ4n) is 2.24. The predicted molar refractivity (Wildman–Crippen MR) is 95.9 cm³/mol. The predicted octanol–water partition coefficient (Wildman–Crippen LogP) is 3.88. The van der Waals surface area contributed by atoms with E-state index in [1.165, 1.54) is 4.88 Å². The quantitative estimate of drug-likeness (QED) is 0.753. The molecule has 0 saturated heterocycles. The zero-order chi connectivity index (χ0) is 17.5. The van der Waals surface area contributed by atoms with E-state index in [2.05, 4.69) is 36.4 Å². The monoisotopic (exact) mass is 341 g/mol. The molecular formula is C17H31N3O2S. The molecule has 0 aliphatic carbocycles. The zero-order valence-corrected chi connectivity index (χ0v) is 16.1. The van der Waals surface area contributed by atoms with Gasteiger partial charge in [0.1, 0.15) is 5.60 Å². The van der Waals surface area contributed by atoms with Gasteiger partial charge in [0.15, 0.2) is 0 Å². The third kappa shape index (κ3) is 6.87. The Hall–Kier alpha value is -1.14. The van der Waals surface area contributed by atoms with E-state index in [0.717, 1.165) is 30.8 Å². The van der Waals surface area contributed by atoms with E-state index in [4.69, 9.17) is 4.74 Å². The molecule has 0 aromatic carbocycles. The summed E-state index contributed by atoms with van der Waals surface area (Å²) in [6.45, 7) is 13.3. The van der Waals surface area contributed by atoms with E-state index in [-0.39, 0.29) is 11.6 Å². The van der Waals surface area contributed by atoms with Crippen molar-refractivity contribution < 1.29 is 9.53 Å². The Morgan fingerprint density at radius 2 is 1.91 bits per heavy atom. The first-order valence-electron chi connectivity index (χ1n) is 8.39. The van der Waals surface area contributed by atoms with Gasteiger partial charge in [-0.05, 0) is 40.0 Å². The molecule has 1 rings (SSSR count). The minimum atomic E-state index is -0.474. The lowest BCUT2D eigenvalue weighted by Crippen LogP contribution is -2.53. The summed E-state index contributed by atoms with van der Waals surface area (Å²) < 4.78 is 5.32. The molecule has 23 heavy (non-hydrogen) atoms. The first-order chi connectivity index (χ1) is 10.7. The van der Waals surface area contributed by atoms with E-state index >= 15 is 0 Å². The van der Waals surface area contributed by atoms with Gasteiger partial charge in [0.25, 0.3) is 0 Å². The highest BCUT2D eigenvalue weighted by Crippen LogP contribution is 2.18. The first kappa shape index (κ1) is 19.9. The standard InChI is InChI=1S/C17H31N3O2S/c1-7-14-18-10-13(23-14)11-20-17(8-2,9-3)12-19-15(21)22-16(4,5)6/h10,20H,7-9,11-12H2,1-6H3,(H,19,21). The van der Waals surface area contributed by atoms with Crippen molar-refractivity contribution >= 4 is 17.4 Å². The van der Waals surface area contributed by atoms with Crippen molar-refractivity contribution in [3.05, 3.63) is 16.1 Å². The van der Waals surface area contributed by atoms with Crippen LogP contribution in [0.25, 0.3) is 0 Å². The summed E-state index contributed by atoms with van der Waals surface area (Å²) in [5.41, 5.74) is -0.606. The highest BCUT2D eigenvalue weighted by Gasteiger charge is 2.27. The number of ether oxygens (including phenoxy) is 1. The third-order valence-corrected chi connectivity index (χ3v) is 5.01. The zero-order valence-electron chi connectivity index (χ0n) is 15.3. The van der Waals surface area contributed by atoms with Gasteiger partial charge in [0.05, 0.1) is 5.01 Å². The second-order valence-corrected chi connectivity index (χ2v) is 7.97. The van der Waals surface area contributed by atoms with Gasteiger partial charge >= 0.3 is 6.09 Å². The Bertz CT molecular complexity index is 490. The number of amides is 1. The maximum atomic E-state index is 11.9. The Kier molecular flexibility index (Phi) is 7.48. The van der Waals surface area contributed by atoms with Gasteiger partial charge in [0, 0.05) is 29.7 Å². The van der Waals surface area contributed by atoms with Crippen molar-refractivity contribution in [2.75, 3.05) is 6.54 Å². The summed E-state index contributed by atoms with van der Waals surface area (Å²) in [5.74, 6) is 0. The van der Waals surface area contributed by atoms with Crippen LogP contribution in [-0.4, -0.2) is 28.8 Å². The molecule has 0 aliphatic heterocycles. The largest absolute Gasteiger partial charge is 0.444 e. The van der Waals surface area contributed by atoms with Gasteiger partial charge in [-0.25, -0.2) is 9.78 Å². The molecule has 1 aromatic heterocycles. The van der Waals surface area contributed by atoms with Gasteiger partial charge in [-0.3, -0.25) is 0 Å². The van der Waals surface area contributed by atoms with Gasteiger partial charge in [0.2, 0.25) is 0 Å². The smallest absolute Gasteiger partial charge is 0.407 e. The van der Waals surface area contributed by atoms with E-state index in [1.807, 2.05) is 27.0 Å². The number of nitrogens with zero attached hydrogens (tertiary/aromatic N) is 1. The van der Waals surface area contributed by atoms with Crippen LogP contribution in [-0.2, 0) is 17.7 Å². The SMILES string of the molecule is CCc1ncc(CNC(CC)(CC)CNC(=O)OC(C)(C)C)s1. The van der Waals surface area contributed by atoms with Crippen LogP contribution in [0, 0.1) is 0 Å². The molecule has 6 heteroatoms. The van der Waals surface area contributed by atoms with E-state index in [1.54, 1.807) is 11.3 Å². The number of rotatable bonds is 8. The van der Waals surface area contributed by atoms with Crippen LogP contribution in [0.4, 0.5) is 4.79 Å². The fourth-order valence-corrected chi connectivity index (χ4v) is 3.04. The Labute approximate surface area is 144 Å². The van der Waals surface area contributed by atoms with E-state index in [9.17, 15) is 4.79 Å². The van der Waals surface area contributed by atoms with Crippen LogP contribution in [0.1, 0.15) is 64.3 Å². The van der Waals surface area contributed by atoms with Crippen LogP contribution in [0.3, 0.4) is 0 Å². The summed E-state index contributed by atoms with van der Waals surface area (Å²) in [4.78, 5) is 17.5. The number of carbonyl (C=O) groups excluding carboxylic acids is 1. The molecule has 5 nitrogen and oxygen atoms in total. The molecule has 1 aromatic rings. The molecule has 1 amide bonds. The number of carbonyl (C=O) groups is 1. The Morgan fingerprint density at radius 3 is 2.39 bits per heavy atom. The fraction of sp³-hybridized carbons (Fsp3) is 0.765. The number of hydrogen-bond acceptors (Lipinski definition) is 5. The second-order valence-electron chi connectivity index (χ2n) is 6.77. The van der Waals surface area contributed by atoms with Crippen LogP contribution >= 0.6 is 11.3 Å². The van der Waals surface area contributed by atoms with Crippen LogP contribution < -0.4 is 10.6 Å². The maximum Gasteiger partial charge on any atom is 0.407 e. The molecule has 0 saturated carbocycles. The minimum absolute atomic E-state index is 0.132. The van der Waals surface area contributed by atoms with Gasteiger partial charge < -0.3 is 15.4 Å². The number of aryl methyl sites for hydroxylation is 1.